The van der Waals surface area contributed by atoms with Crippen molar-refractivity contribution in [3.63, 3.8) is 0 Å². The van der Waals surface area contributed by atoms with Gasteiger partial charge in [-0.25, -0.2) is 8.78 Å². The minimum absolute atomic E-state index is 0.158. The van der Waals surface area contributed by atoms with Crippen LogP contribution in [-0.4, -0.2) is 17.6 Å². The molecule has 0 saturated carbocycles. The number of nitrogens with one attached hydrogen (secondary N) is 1. The molecule has 0 bridgehead atoms. The van der Waals surface area contributed by atoms with E-state index in [-0.39, 0.29) is 13.0 Å². The van der Waals surface area contributed by atoms with Crippen molar-refractivity contribution < 1.29 is 18.7 Å². The molecule has 0 aliphatic rings. The largest absolute Gasteiger partial charge is 0.378 e. The fourth-order valence-electron chi connectivity index (χ4n) is 1.93. The molecule has 0 spiro atoms. The average Bonchev–Trinajstić information content (AvgIpc) is 2.49. The fraction of sp³-hybridized carbons (Fsp3) is 0.188. The van der Waals surface area contributed by atoms with Gasteiger partial charge < -0.3 is 10.4 Å². The number of halogens is 2. The highest BCUT2D eigenvalue weighted by Crippen LogP contribution is 2.12. The van der Waals surface area contributed by atoms with Crippen LogP contribution in [0.2, 0.25) is 0 Å². The number of hydrogen-bond donors (Lipinski definition) is 2. The average molecular weight is 291 g/mol. The molecule has 21 heavy (non-hydrogen) atoms. The fourth-order valence-corrected chi connectivity index (χ4v) is 1.93. The molecular weight excluding hydrogens is 276 g/mol. The normalized spacial score (nSPS) is 12.0. The predicted octanol–water partition coefficient (Wildman–Crippen LogP) is 2.36. The molecule has 2 aromatic carbocycles. The van der Waals surface area contributed by atoms with Crippen LogP contribution in [-0.2, 0) is 11.2 Å². The Labute approximate surface area is 121 Å². The minimum atomic E-state index is -1.26. The van der Waals surface area contributed by atoms with Gasteiger partial charge in [0.2, 0.25) is 0 Å². The lowest BCUT2D eigenvalue weighted by atomic mass is 10.1. The van der Waals surface area contributed by atoms with E-state index < -0.39 is 23.6 Å². The van der Waals surface area contributed by atoms with Crippen LogP contribution in [0.4, 0.5) is 8.78 Å². The van der Waals surface area contributed by atoms with Crippen LogP contribution < -0.4 is 5.32 Å². The van der Waals surface area contributed by atoms with Crippen molar-refractivity contribution >= 4 is 5.91 Å². The van der Waals surface area contributed by atoms with Crippen LogP contribution in [0.1, 0.15) is 17.2 Å². The quantitative estimate of drug-likeness (QED) is 0.888. The Morgan fingerprint density at radius 3 is 2.52 bits per heavy atom. The summed E-state index contributed by atoms with van der Waals surface area (Å²) in [6.45, 7) is 0.158. The first-order valence-corrected chi connectivity index (χ1v) is 6.52. The van der Waals surface area contributed by atoms with Gasteiger partial charge in [-0.15, -0.1) is 0 Å². The maximum Gasteiger partial charge on any atom is 0.253 e. The summed E-state index contributed by atoms with van der Waals surface area (Å²) in [6, 6.07) is 11.8. The Morgan fingerprint density at radius 2 is 1.86 bits per heavy atom. The molecule has 0 heterocycles. The molecule has 1 amide bonds. The van der Waals surface area contributed by atoms with Gasteiger partial charge in [0.05, 0.1) is 0 Å². The Hall–Kier alpha value is -2.27. The van der Waals surface area contributed by atoms with E-state index in [1.54, 1.807) is 30.3 Å². The number of aliphatic hydroxyl groups is 1. The standard InChI is InChI=1S/C16H15F2NO2/c17-13-7-6-11(14(18)10-13)8-9-19-16(21)15(20)12-4-2-1-3-5-12/h1-7,10,15,20H,8-9H2,(H,19,21). The number of carbonyl (C=O) groups excluding carboxylic acids is 1. The summed E-state index contributed by atoms with van der Waals surface area (Å²) in [5, 5.41) is 12.4. The van der Waals surface area contributed by atoms with Crippen molar-refractivity contribution in [3.05, 3.63) is 71.3 Å². The lowest BCUT2D eigenvalue weighted by Gasteiger charge is -2.11. The van der Waals surface area contributed by atoms with Crippen LogP contribution >= 0.6 is 0 Å². The van der Waals surface area contributed by atoms with Gasteiger partial charge in [-0.05, 0) is 23.6 Å². The molecular formula is C16H15F2NO2. The van der Waals surface area contributed by atoms with Gasteiger partial charge in [0.1, 0.15) is 11.6 Å². The Morgan fingerprint density at radius 1 is 1.14 bits per heavy atom. The zero-order chi connectivity index (χ0) is 15.2. The second-order valence-electron chi connectivity index (χ2n) is 4.59. The van der Waals surface area contributed by atoms with Gasteiger partial charge >= 0.3 is 0 Å². The lowest BCUT2D eigenvalue weighted by molar-refractivity contribution is -0.129. The second-order valence-corrected chi connectivity index (χ2v) is 4.59. The summed E-state index contributed by atoms with van der Waals surface area (Å²) in [6.07, 6.45) is -1.04. The Balaban J connectivity index is 1.87. The molecule has 110 valence electrons. The summed E-state index contributed by atoms with van der Waals surface area (Å²) in [4.78, 5) is 11.8. The van der Waals surface area contributed by atoms with E-state index in [1.807, 2.05) is 0 Å². The molecule has 0 aliphatic heterocycles. The third-order valence-corrected chi connectivity index (χ3v) is 3.07. The van der Waals surface area contributed by atoms with Crippen molar-refractivity contribution in [2.24, 2.45) is 0 Å². The van der Waals surface area contributed by atoms with Crippen molar-refractivity contribution in [1.29, 1.82) is 0 Å². The molecule has 2 N–H and O–H groups in total. The summed E-state index contributed by atoms with van der Waals surface area (Å²) in [5.74, 6) is -1.84. The Kier molecular flexibility index (Phi) is 5.00. The first-order chi connectivity index (χ1) is 10.1. The van der Waals surface area contributed by atoms with Crippen LogP contribution in [0, 0.1) is 11.6 Å². The van der Waals surface area contributed by atoms with E-state index in [0.29, 0.717) is 11.1 Å². The van der Waals surface area contributed by atoms with Gasteiger partial charge in [-0.1, -0.05) is 36.4 Å². The van der Waals surface area contributed by atoms with E-state index in [1.165, 1.54) is 12.1 Å². The molecule has 5 heteroatoms. The van der Waals surface area contributed by atoms with Gasteiger partial charge in [-0.3, -0.25) is 4.79 Å². The van der Waals surface area contributed by atoms with Gasteiger partial charge in [0, 0.05) is 12.6 Å². The first kappa shape index (κ1) is 15.1. The molecule has 1 unspecified atom stereocenters. The maximum absolute atomic E-state index is 13.4. The highest BCUT2D eigenvalue weighted by molar-refractivity contribution is 5.81. The molecule has 0 radical (unpaired) electrons. The summed E-state index contributed by atoms with van der Waals surface area (Å²) < 4.78 is 26.1. The summed E-state index contributed by atoms with van der Waals surface area (Å²) >= 11 is 0. The zero-order valence-corrected chi connectivity index (χ0v) is 11.2. The van der Waals surface area contributed by atoms with Crippen LogP contribution in [0.5, 0.6) is 0 Å². The molecule has 3 nitrogen and oxygen atoms in total. The number of hydrogen-bond acceptors (Lipinski definition) is 2. The second kappa shape index (κ2) is 6.95. The first-order valence-electron chi connectivity index (χ1n) is 6.52. The molecule has 0 aromatic heterocycles. The topological polar surface area (TPSA) is 49.3 Å². The van der Waals surface area contributed by atoms with E-state index in [2.05, 4.69) is 5.32 Å². The van der Waals surface area contributed by atoms with Crippen molar-refractivity contribution in [2.75, 3.05) is 6.54 Å². The van der Waals surface area contributed by atoms with E-state index in [0.717, 1.165) is 6.07 Å². The minimum Gasteiger partial charge on any atom is -0.378 e. The zero-order valence-electron chi connectivity index (χ0n) is 11.2. The monoisotopic (exact) mass is 291 g/mol. The number of benzene rings is 2. The van der Waals surface area contributed by atoms with Crippen LogP contribution in [0.25, 0.3) is 0 Å². The maximum atomic E-state index is 13.4. The third kappa shape index (κ3) is 4.10. The van der Waals surface area contributed by atoms with Crippen molar-refractivity contribution in [1.82, 2.24) is 5.32 Å². The third-order valence-electron chi connectivity index (χ3n) is 3.07. The number of rotatable bonds is 5. The van der Waals surface area contributed by atoms with E-state index in [4.69, 9.17) is 0 Å². The molecule has 0 saturated heterocycles. The lowest BCUT2D eigenvalue weighted by Crippen LogP contribution is -2.31. The van der Waals surface area contributed by atoms with E-state index >= 15 is 0 Å². The highest BCUT2D eigenvalue weighted by Gasteiger charge is 2.16. The highest BCUT2D eigenvalue weighted by atomic mass is 19.1. The van der Waals surface area contributed by atoms with Crippen molar-refractivity contribution in [2.45, 2.75) is 12.5 Å². The number of aliphatic hydroxyl groups excluding tert-OH is 1. The Bertz CT molecular complexity index is 617. The SMILES string of the molecule is O=C(NCCc1ccc(F)cc1F)C(O)c1ccccc1. The molecule has 0 aliphatic carbocycles. The molecule has 1 atom stereocenters. The predicted molar refractivity (Wildman–Crippen MR) is 74.5 cm³/mol. The molecule has 2 rings (SSSR count). The molecule has 2 aromatic rings. The number of amides is 1. The van der Waals surface area contributed by atoms with Crippen molar-refractivity contribution in [3.8, 4) is 0 Å². The van der Waals surface area contributed by atoms with E-state index in [9.17, 15) is 18.7 Å². The number of carbonyl (C=O) groups is 1. The van der Waals surface area contributed by atoms with Crippen LogP contribution in [0.15, 0.2) is 48.5 Å². The molecule has 0 fully saturated rings. The van der Waals surface area contributed by atoms with Gasteiger partial charge in [-0.2, -0.15) is 0 Å². The summed E-state index contributed by atoms with van der Waals surface area (Å²) in [7, 11) is 0. The smallest absolute Gasteiger partial charge is 0.253 e. The van der Waals surface area contributed by atoms with Gasteiger partial charge in [0.25, 0.3) is 5.91 Å². The van der Waals surface area contributed by atoms with Gasteiger partial charge in [0.15, 0.2) is 6.10 Å². The van der Waals surface area contributed by atoms with Crippen LogP contribution in [0.3, 0.4) is 0 Å². The summed E-state index contributed by atoms with van der Waals surface area (Å²) in [5.41, 5.74) is 0.800.